The number of allylic oxidation sites excluding steroid dienone is 1. The lowest BCUT2D eigenvalue weighted by molar-refractivity contribution is 0.160. The Balaban J connectivity index is 2.55. The van der Waals surface area contributed by atoms with Crippen LogP contribution in [-0.4, -0.2) is 10.1 Å². The van der Waals surface area contributed by atoms with Gasteiger partial charge in [0.25, 0.3) is 0 Å². The van der Waals surface area contributed by atoms with Gasteiger partial charge in [0.2, 0.25) is 0 Å². The van der Waals surface area contributed by atoms with E-state index in [2.05, 4.69) is 11.6 Å². The highest BCUT2D eigenvalue weighted by Crippen LogP contribution is 2.23. The Morgan fingerprint density at radius 3 is 3.07 bits per heavy atom. The monoisotopic (exact) mass is 211 g/mol. The van der Waals surface area contributed by atoms with Crippen LogP contribution in [0.15, 0.2) is 31.0 Å². The van der Waals surface area contributed by atoms with Crippen LogP contribution >= 0.6 is 11.6 Å². The number of hydrogen-bond acceptors (Lipinski definition) is 2. The van der Waals surface area contributed by atoms with Gasteiger partial charge in [-0.05, 0) is 31.4 Å². The van der Waals surface area contributed by atoms with E-state index >= 15 is 0 Å². The van der Waals surface area contributed by atoms with Crippen LogP contribution in [0.25, 0.3) is 0 Å². The maximum Gasteiger partial charge on any atom is 0.0975 e. The molecule has 1 unspecified atom stereocenters. The summed E-state index contributed by atoms with van der Waals surface area (Å²) in [5.41, 5.74) is 0.568. The van der Waals surface area contributed by atoms with Crippen molar-refractivity contribution in [3.63, 3.8) is 0 Å². The highest BCUT2D eigenvalue weighted by atomic mass is 35.5. The first-order valence-corrected chi connectivity index (χ1v) is 5.03. The molecule has 1 aromatic heterocycles. The van der Waals surface area contributed by atoms with Gasteiger partial charge < -0.3 is 5.11 Å². The molecule has 0 radical (unpaired) electrons. The van der Waals surface area contributed by atoms with Crippen molar-refractivity contribution in [2.75, 3.05) is 0 Å². The van der Waals surface area contributed by atoms with E-state index in [1.54, 1.807) is 18.3 Å². The van der Waals surface area contributed by atoms with Crippen molar-refractivity contribution in [1.29, 1.82) is 0 Å². The number of nitrogens with zero attached hydrogens (tertiary/aromatic N) is 1. The lowest BCUT2D eigenvalue weighted by atomic mass is 10.1. The molecule has 1 heterocycles. The third-order valence-electron chi connectivity index (χ3n) is 1.99. The molecule has 0 fully saturated rings. The molecule has 1 N–H and O–H groups in total. The van der Waals surface area contributed by atoms with Crippen molar-refractivity contribution in [2.24, 2.45) is 0 Å². The number of aliphatic hydroxyl groups excluding tert-OH is 1. The van der Waals surface area contributed by atoms with Crippen LogP contribution < -0.4 is 0 Å². The normalized spacial score (nSPS) is 12.4. The zero-order chi connectivity index (χ0) is 10.4. The summed E-state index contributed by atoms with van der Waals surface area (Å²) in [5.74, 6) is 0. The topological polar surface area (TPSA) is 33.1 Å². The van der Waals surface area contributed by atoms with E-state index in [4.69, 9.17) is 11.6 Å². The Hall–Kier alpha value is -0.860. The maximum atomic E-state index is 9.75. The zero-order valence-corrected chi connectivity index (χ0v) is 8.74. The summed E-state index contributed by atoms with van der Waals surface area (Å²) in [6.45, 7) is 3.62. The van der Waals surface area contributed by atoms with Gasteiger partial charge in [-0.2, -0.15) is 0 Å². The van der Waals surface area contributed by atoms with Crippen LogP contribution in [0.1, 0.15) is 31.1 Å². The highest BCUT2D eigenvalue weighted by molar-refractivity contribution is 6.31. The first-order valence-electron chi connectivity index (χ1n) is 4.65. The fourth-order valence-electron chi connectivity index (χ4n) is 1.24. The van der Waals surface area contributed by atoms with Gasteiger partial charge in [-0.25, -0.2) is 0 Å². The van der Waals surface area contributed by atoms with Gasteiger partial charge >= 0.3 is 0 Å². The third-order valence-corrected chi connectivity index (χ3v) is 2.31. The molecule has 2 nitrogen and oxygen atoms in total. The summed E-state index contributed by atoms with van der Waals surface area (Å²) < 4.78 is 0. The molecule has 0 amide bonds. The molecule has 0 aliphatic rings. The molecule has 1 atom stereocenters. The summed E-state index contributed by atoms with van der Waals surface area (Å²) >= 11 is 5.89. The first-order chi connectivity index (χ1) is 6.75. The van der Waals surface area contributed by atoms with E-state index in [9.17, 15) is 5.11 Å². The first kappa shape index (κ1) is 11.2. The number of pyridine rings is 1. The predicted molar refractivity (Wildman–Crippen MR) is 58.3 cm³/mol. The molecule has 3 heteroatoms. The number of rotatable bonds is 5. The maximum absolute atomic E-state index is 9.75. The molecule has 0 aliphatic carbocycles. The second kappa shape index (κ2) is 5.78. The number of halogens is 1. The van der Waals surface area contributed by atoms with Gasteiger partial charge in [0.1, 0.15) is 0 Å². The summed E-state index contributed by atoms with van der Waals surface area (Å²) in [6, 6.07) is 3.49. The Labute approximate surface area is 89.2 Å². The van der Waals surface area contributed by atoms with Crippen molar-refractivity contribution < 1.29 is 5.11 Å². The lowest BCUT2D eigenvalue weighted by Crippen LogP contribution is -2.00. The molecular weight excluding hydrogens is 198 g/mol. The highest BCUT2D eigenvalue weighted by Gasteiger charge is 2.11. The van der Waals surface area contributed by atoms with E-state index in [0.717, 1.165) is 12.8 Å². The van der Waals surface area contributed by atoms with Crippen LogP contribution in [0, 0.1) is 0 Å². The minimum Gasteiger partial charge on any atom is -0.387 e. The molecule has 14 heavy (non-hydrogen) atoms. The van der Waals surface area contributed by atoms with Gasteiger partial charge in [-0.15, -0.1) is 6.58 Å². The minimum atomic E-state index is -0.566. The molecule has 1 aromatic rings. The summed E-state index contributed by atoms with van der Waals surface area (Å²) in [7, 11) is 0. The minimum absolute atomic E-state index is 0.526. The average Bonchev–Trinajstić information content (AvgIpc) is 2.18. The smallest absolute Gasteiger partial charge is 0.0975 e. The van der Waals surface area contributed by atoms with Crippen molar-refractivity contribution in [1.82, 2.24) is 4.98 Å². The van der Waals surface area contributed by atoms with E-state index in [-0.39, 0.29) is 0 Å². The molecule has 0 bridgehead atoms. The van der Waals surface area contributed by atoms with Crippen molar-refractivity contribution in [2.45, 2.75) is 25.4 Å². The summed E-state index contributed by atoms with van der Waals surface area (Å²) in [5, 5.41) is 10.3. The van der Waals surface area contributed by atoms with E-state index in [0.29, 0.717) is 17.1 Å². The number of aromatic nitrogens is 1. The average molecular weight is 212 g/mol. The molecule has 0 aromatic carbocycles. The predicted octanol–water partition coefficient (Wildman–Crippen LogP) is 3.12. The summed E-state index contributed by atoms with van der Waals surface area (Å²) in [6.07, 6.45) is 5.38. The van der Waals surface area contributed by atoms with E-state index < -0.39 is 6.10 Å². The van der Waals surface area contributed by atoms with Crippen LogP contribution in [-0.2, 0) is 0 Å². The van der Waals surface area contributed by atoms with Crippen molar-refractivity contribution >= 4 is 11.6 Å². The largest absolute Gasteiger partial charge is 0.387 e. The molecule has 1 rings (SSSR count). The van der Waals surface area contributed by atoms with Gasteiger partial charge in [-0.1, -0.05) is 17.7 Å². The van der Waals surface area contributed by atoms with Crippen LogP contribution in [0.4, 0.5) is 0 Å². The fourth-order valence-corrected chi connectivity index (χ4v) is 1.48. The van der Waals surface area contributed by atoms with E-state index in [1.165, 1.54) is 0 Å². The molecule has 0 spiro atoms. The van der Waals surface area contributed by atoms with Crippen LogP contribution in [0.3, 0.4) is 0 Å². The van der Waals surface area contributed by atoms with Crippen molar-refractivity contribution in [3.05, 3.63) is 41.7 Å². The van der Waals surface area contributed by atoms with Crippen LogP contribution in [0.5, 0.6) is 0 Å². The third kappa shape index (κ3) is 3.13. The van der Waals surface area contributed by atoms with Gasteiger partial charge in [0, 0.05) is 6.20 Å². The molecular formula is C11H14ClNO. The van der Waals surface area contributed by atoms with E-state index in [1.807, 2.05) is 6.08 Å². The molecule has 76 valence electrons. The Bertz CT molecular complexity index is 301. The Morgan fingerprint density at radius 1 is 1.64 bits per heavy atom. The quantitative estimate of drug-likeness (QED) is 0.600. The van der Waals surface area contributed by atoms with Gasteiger partial charge in [-0.3, -0.25) is 4.98 Å². The second-order valence-electron chi connectivity index (χ2n) is 3.11. The molecule has 0 aliphatic heterocycles. The molecule has 0 saturated carbocycles. The zero-order valence-electron chi connectivity index (χ0n) is 7.99. The van der Waals surface area contributed by atoms with Crippen molar-refractivity contribution in [3.8, 4) is 0 Å². The van der Waals surface area contributed by atoms with Crippen LogP contribution in [0.2, 0.25) is 5.02 Å². The van der Waals surface area contributed by atoms with Gasteiger partial charge in [0.15, 0.2) is 0 Å². The SMILES string of the molecule is C=CCCCC(O)c1ncccc1Cl. The van der Waals surface area contributed by atoms with Gasteiger partial charge in [0.05, 0.1) is 16.8 Å². The Morgan fingerprint density at radius 2 is 2.43 bits per heavy atom. The standard InChI is InChI=1S/C11H14ClNO/c1-2-3-4-7-10(14)11-9(12)6-5-8-13-11/h2,5-6,8,10,14H,1,3-4,7H2. The number of hydrogen-bond donors (Lipinski definition) is 1. The lowest BCUT2D eigenvalue weighted by Gasteiger charge is -2.10. The summed E-state index contributed by atoms with van der Waals surface area (Å²) in [4.78, 5) is 4.05. The fraction of sp³-hybridized carbons (Fsp3) is 0.364. The number of aliphatic hydroxyl groups is 1. The second-order valence-corrected chi connectivity index (χ2v) is 3.51. The number of unbranched alkanes of at least 4 members (excludes halogenated alkanes) is 1. The Kier molecular flexibility index (Phi) is 4.63. The molecule has 0 saturated heterocycles.